The minimum absolute atomic E-state index is 0.105. The third-order valence-electron chi connectivity index (χ3n) is 5.86. The maximum Gasteiger partial charge on any atom is 0.310 e. The summed E-state index contributed by atoms with van der Waals surface area (Å²) in [6.07, 6.45) is 1.71. The number of ether oxygens (including phenoxy) is 4. The molecule has 11 heteroatoms. The van der Waals surface area contributed by atoms with Crippen molar-refractivity contribution >= 4 is 11.9 Å². The zero-order chi connectivity index (χ0) is 25.9. The highest BCUT2D eigenvalue weighted by molar-refractivity contribution is 5.78. The van der Waals surface area contributed by atoms with E-state index in [4.69, 9.17) is 18.9 Å². The summed E-state index contributed by atoms with van der Waals surface area (Å²) in [7, 11) is 1.53. The van der Waals surface area contributed by atoms with Crippen LogP contribution in [-0.2, 0) is 25.5 Å². The first kappa shape index (κ1) is 27.1. The number of carbonyl (C=O) groups is 2. The molecule has 0 aliphatic carbocycles. The lowest BCUT2D eigenvalue weighted by Crippen LogP contribution is -2.43. The number of methoxy groups -OCH3 is 1. The Labute approximate surface area is 210 Å². The minimum Gasteiger partial charge on any atom is -0.493 e. The van der Waals surface area contributed by atoms with Gasteiger partial charge in [0.15, 0.2) is 17.3 Å². The van der Waals surface area contributed by atoms with Crippen LogP contribution in [0.3, 0.4) is 0 Å². The second-order valence-corrected chi connectivity index (χ2v) is 8.29. The van der Waals surface area contributed by atoms with Crippen LogP contribution in [0.1, 0.15) is 38.8 Å². The molecular formula is C25H34N4O7. The van der Waals surface area contributed by atoms with E-state index in [-0.39, 0.29) is 42.2 Å². The number of aromatic nitrogens is 3. The average molecular weight is 503 g/mol. The van der Waals surface area contributed by atoms with Crippen molar-refractivity contribution in [1.82, 2.24) is 20.1 Å². The van der Waals surface area contributed by atoms with E-state index in [0.717, 1.165) is 6.42 Å². The van der Waals surface area contributed by atoms with Crippen molar-refractivity contribution < 1.29 is 28.5 Å². The molecule has 1 aromatic heterocycles. The van der Waals surface area contributed by atoms with Gasteiger partial charge in [0.1, 0.15) is 12.3 Å². The van der Waals surface area contributed by atoms with E-state index in [9.17, 15) is 14.4 Å². The van der Waals surface area contributed by atoms with Gasteiger partial charge in [0, 0.05) is 38.1 Å². The van der Waals surface area contributed by atoms with E-state index in [1.807, 2.05) is 6.92 Å². The first-order valence-corrected chi connectivity index (χ1v) is 12.3. The van der Waals surface area contributed by atoms with Crippen LogP contribution in [-0.4, -0.2) is 78.6 Å². The fourth-order valence-corrected chi connectivity index (χ4v) is 3.98. The Morgan fingerprint density at radius 3 is 2.69 bits per heavy atom. The highest BCUT2D eigenvalue weighted by atomic mass is 16.5. The van der Waals surface area contributed by atoms with E-state index >= 15 is 0 Å². The molecule has 1 N–H and O–H groups in total. The van der Waals surface area contributed by atoms with Gasteiger partial charge in [0.05, 0.1) is 26.2 Å². The normalized spacial score (nSPS) is 15.4. The quantitative estimate of drug-likeness (QED) is 0.342. The van der Waals surface area contributed by atoms with Crippen molar-refractivity contribution in [2.24, 2.45) is 5.92 Å². The number of piperidine rings is 1. The summed E-state index contributed by atoms with van der Waals surface area (Å²) in [5.41, 5.74) is 0.371. The van der Waals surface area contributed by atoms with E-state index in [2.05, 4.69) is 15.2 Å². The van der Waals surface area contributed by atoms with Crippen LogP contribution in [0.2, 0.25) is 0 Å². The van der Waals surface area contributed by atoms with Gasteiger partial charge in [-0.05, 0) is 44.9 Å². The van der Waals surface area contributed by atoms with Gasteiger partial charge in [0.2, 0.25) is 5.91 Å². The SMILES string of the molecule is CCOCCOc1ccc(-c2nnc(CCC(=O)N3CCC[C@@H](C(=O)OCC)C3)c(=O)[nH]2)cc1OC. The van der Waals surface area contributed by atoms with Crippen molar-refractivity contribution in [3.8, 4) is 22.9 Å². The molecule has 2 aromatic rings. The molecule has 0 saturated carbocycles. The summed E-state index contributed by atoms with van der Waals surface area (Å²) in [5, 5.41) is 8.20. The summed E-state index contributed by atoms with van der Waals surface area (Å²) in [5.74, 6) is 0.623. The average Bonchev–Trinajstić information content (AvgIpc) is 2.90. The molecule has 1 amide bonds. The van der Waals surface area contributed by atoms with E-state index in [1.54, 1.807) is 30.0 Å². The van der Waals surface area contributed by atoms with Crippen LogP contribution in [0.4, 0.5) is 0 Å². The number of rotatable bonds is 12. The zero-order valence-electron chi connectivity index (χ0n) is 21.1. The fourth-order valence-electron chi connectivity index (χ4n) is 3.98. The summed E-state index contributed by atoms with van der Waals surface area (Å²) in [6, 6.07) is 5.18. The third kappa shape index (κ3) is 7.27. The number of nitrogens with one attached hydrogen (secondary N) is 1. The zero-order valence-corrected chi connectivity index (χ0v) is 21.1. The van der Waals surface area contributed by atoms with Gasteiger partial charge in [0.25, 0.3) is 5.56 Å². The Bertz CT molecular complexity index is 1090. The maximum atomic E-state index is 12.7. The molecule has 2 heterocycles. The van der Waals surface area contributed by atoms with Crippen LogP contribution < -0.4 is 15.0 Å². The predicted octanol–water partition coefficient (Wildman–Crippen LogP) is 1.99. The largest absolute Gasteiger partial charge is 0.493 e. The summed E-state index contributed by atoms with van der Waals surface area (Å²) >= 11 is 0. The number of esters is 1. The van der Waals surface area contributed by atoms with Crippen LogP contribution in [0.5, 0.6) is 11.5 Å². The minimum atomic E-state index is -0.410. The number of aromatic amines is 1. The molecule has 196 valence electrons. The number of aryl methyl sites for hydroxylation is 1. The summed E-state index contributed by atoms with van der Waals surface area (Å²) in [4.78, 5) is 41.7. The number of carbonyl (C=O) groups excluding carboxylic acids is 2. The molecule has 0 radical (unpaired) electrons. The Balaban J connectivity index is 1.60. The van der Waals surface area contributed by atoms with E-state index < -0.39 is 5.56 Å². The van der Waals surface area contributed by atoms with Crippen molar-refractivity contribution in [1.29, 1.82) is 0 Å². The van der Waals surface area contributed by atoms with Crippen molar-refractivity contribution in [3.05, 3.63) is 34.2 Å². The van der Waals surface area contributed by atoms with Gasteiger partial charge in [-0.15, -0.1) is 10.2 Å². The number of hydrogen-bond acceptors (Lipinski definition) is 9. The molecule has 1 atom stereocenters. The van der Waals surface area contributed by atoms with Crippen molar-refractivity contribution in [3.63, 3.8) is 0 Å². The molecule has 1 aromatic carbocycles. The smallest absolute Gasteiger partial charge is 0.310 e. The number of H-pyrrole nitrogens is 1. The molecule has 1 aliphatic heterocycles. The van der Waals surface area contributed by atoms with Crippen molar-refractivity contribution in [2.45, 2.75) is 39.5 Å². The molecular weight excluding hydrogens is 468 g/mol. The maximum absolute atomic E-state index is 12.7. The van der Waals surface area contributed by atoms with Gasteiger partial charge in [-0.2, -0.15) is 0 Å². The standard InChI is InChI=1S/C25H34N4O7/c1-4-34-13-14-36-20-10-8-17(15-21(20)33-3)23-26-24(31)19(27-28-23)9-11-22(30)29-12-6-7-18(16-29)25(32)35-5-2/h8,10,15,18H,4-7,9,11-14,16H2,1-3H3,(H,26,28,31)/t18-/m1/s1. The second-order valence-electron chi connectivity index (χ2n) is 8.29. The van der Waals surface area contributed by atoms with Gasteiger partial charge in [-0.25, -0.2) is 0 Å². The van der Waals surface area contributed by atoms with Gasteiger partial charge < -0.3 is 28.8 Å². The molecule has 1 aliphatic rings. The Morgan fingerprint density at radius 2 is 1.97 bits per heavy atom. The lowest BCUT2D eigenvalue weighted by atomic mass is 9.98. The highest BCUT2D eigenvalue weighted by Crippen LogP contribution is 2.31. The van der Waals surface area contributed by atoms with Crippen LogP contribution in [0.15, 0.2) is 23.0 Å². The van der Waals surface area contributed by atoms with Crippen LogP contribution >= 0.6 is 0 Å². The summed E-state index contributed by atoms with van der Waals surface area (Å²) in [6.45, 7) is 6.39. The number of likely N-dealkylation sites (tertiary alicyclic amines) is 1. The number of hydrogen-bond donors (Lipinski definition) is 1. The second kappa shape index (κ2) is 13.6. The molecule has 3 rings (SSSR count). The molecule has 1 fully saturated rings. The Kier molecular flexibility index (Phi) is 10.2. The van der Waals surface area contributed by atoms with E-state index in [1.165, 1.54) is 7.11 Å². The van der Waals surface area contributed by atoms with Gasteiger partial charge >= 0.3 is 5.97 Å². The molecule has 11 nitrogen and oxygen atoms in total. The highest BCUT2D eigenvalue weighted by Gasteiger charge is 2.29. The fraction of sp³-hybridized carbons (Fsp3) is 0.560. The number of benzene rings is 1. The monoisotopic (exact) mass is 502 g/mol. The Morgan fingerprint density at radius 1 is 1.14 bits per heavy atom. The van der Waals surface area contributed by atoms with Crippen LogP contribution in [0, 0.1) is 5.92 Å². The summed E-state index contributed by atoms with van der Waals surface area (Å²) < 4.78 is 21.4. The van der Waals surface area contributed by atoms with Crippen LogP contribution in [0.25, 0.3) is 11.4 Å². The Hall–Kier alpha value is -3.47. The molecule has 1 saturated heterocycles. The molecule has 36 heavy (non-hydrogen) atoms. The first-order chi connectivity index (χ1) is 17.5. The molecule has 0 unspecified atom stereocenters. The van der Waals surface area contributed by atoms with Crippen molar-refractivity contribution in [2.75, 3.05) is 46.6 Å². The molecule has 0 bridgehead atoms. The number of amides is 1. The predicted molar refractivity (Wildman–Crippen MR) is 131 cm³/mol. The number of nitrogens with zero attached hydrogens (tertiary/aromatic N) is 3. The van der Waals surface area contributed by atoms with Gasteiger partial charge in [-0.1, -0.05) is 0 Å². The van der Waals surface area contributed by atoms with E-state index in [0.29, 0.717) is 63.0 Å². The van der Waals surface area contributed by atoms with Gasteiger partial charge in [-0.3, -0.25) is 14.4 Å². The first-order valence-electron chi connectivity index (χ1n) is 12.3. The lowest BCUT2D eigenvalue weighted by Gasteiger charge is -2.31. The third-order valence-corrected chi connectivity index (χ3v) is 5.86. The lowest BCUT2D eigenvalue weighted by molar-refractivity contribution is -0.151. The molecule has 0 spiro atoms. The topological polar surface area (TPSA) is 133 Å².